The molecular formula is C17H19F2NS. The van der Waals surface area contributed by atoms with Gasteiger partial charge in [-0.05, 0) is 43.8 Å². The minimum atomic E-state index is -0.243. The van der Waals surface area contributed by atoms with Gasteiger partial charge in [-0.3, -0.25) is 0 Å². The van der Waals surface area contributed by atoms with E-state index in [-0.39, 0.29) is 17.7 Å². The number of thioether (sulfide) groups is 1. The first kappa shape index (κ1) is 16.0. The van der Waals surface area contributed by atoms with Crippen LogP contribution >= 0.6 is 11.8 Å². The van der Waals surface area contributed by atoms with Crippen molar-refractivity contribution < 1.29 is 8.78 Å². The molecule has 2 rings (SSSR count). The van der Waals surface area contributed by atoms with Gasteiger partial charge in [0, 0.05) is 22.3 Å². The molecule has 1 nitrogen and oxygen atoms in total. The average molecular weight is 307 g/mol. The highest BCUT2D eigenvalue weighted by molar-refractivity contribution is 7.99. The van der Waals surface area contributed by atoms with Crippen molar-refractivity contribution in [3.05, 3.63) is 65.2 Å². The summed E-state index contributed by atoms with van der Waals surface area (Å²) >= 11 is 1.59. The zero-order valence-corrected chi connectivity index (χ0v) is 13.0. The van der Waals surface area contributed by atoms with Crippen LogP contribution in [0.4, 0.5) is 8.78 Å². The maximum absolute atomic E-state index is 14.0. The van der Waals surface area contributed by atoms with E-state index in [1.54, 1.807) is 30.0 Å². The molecule has 2 aromatic carbocycles. The second kappa shape index (κ2) is 7.57. The summed E-state index contributed by atoms with van der Waals surface area (Å²) in [6.45, 7) is 4.73. The Labute approximate surface area is 128 Å². The number of rotatable bonds is 6. The Balaban J connectivity index is 2.11. The maximum Gasteiger partial charge on any atom is 0.128 e. The Bertz CT molecular complexity index is 584. The summed E-state index contributed by atoms with van der Waals surface area (Å²) in [7, 11) is 0. The molecule has 0 aliphatic carbocycles. The van der Waals surface area contributed by atoms with Crippen molar-refractivity contribution in [2.45, 2.75) is 24.8 Å². The van der Waals surface area contributed by atoms with Gasteiger partial charge in [0.2, 0.25) is 0 Å². The third-order valence-electron chi connectivity index (χ3n) is 3.21. The molecule has 1 N–H and O–H groups in total. The Morgan fingerprint density at radius 1 is 1.10 bits per heavy atom. The van der Waals surface area contributed by atoms with Crippen molar-refractivity contribution in [1.82, 2.24) is 5.32 Å². The second-order valence-electron chi connectivity index (χ2n) is 4.90. The number of aryl methyl sites for hydroxylation is 1. The molecule has 0 saturated heterocycles. The lowest BCUT2D eigenvalue weighted by atomic mass is 10.0. The van der Waals surface area contributed by atoms with Gasteiger partial charge in [0.1, 0.15) is 11.6 Å². The zero-order chi connectivity index (χ0) is 15.2. The van der Waals surface area contributed by atoms with Gasteiger partial charge < -0.3 is 5.32 Å². The summed E-state index contributed by atoms with van der Waals surface area (Å²) in [5.41, 5.74) is 1.73. The molecule has 1 atom stereocenters. The van der Waals surface area contributed by atoms with E-state index in [0.29, 0.717) is 11.3 Å². The fourth-order valence-electron chi connectivity index (χ4n) is 2.15. The van der Waals surface area contributed by atoms with Crippen molar-refractivity contribution in [3.8, 4) is 0 Å². The molecule has 0 aromatic heterocycles. The normalized spacial score (nSPS) is 12.4. The lowest BCUT2D eigenvalue weighted by Crippen LogP contribution is -2.24. The molecule has 0 aliphatic rings. The third kappa shape index (κ3) is 4.55. The van der Waals surface area contributed by atoms with Crippen molar-refractivity contribution in [2.75, 3.05) is 12.3 Å². The minimum absolute atomic E-state index is 0.0649. The van der Waals surface area contributed by atoms with Crippen LogP contribution in [0.3, 0.4) is 0 Å². The van der Waals surface area contributed by atoms with Gasteiger partial charge in [0.05, 0.1) is 0 Å². The number of halogens is 2. The van der Waals surface area contributed by atoms with E-state index in [1.165, 1.54) is 18.2 Å². The predicted octanol–water partition coefficient (Wildman–Crippen LogP) is 4.72. The number of hydrogen-bond acceptors (Lipinski definition) is 2. The van der Waals surface area contributed by atoms with Gasteiger partial charge in [-0.15, -0.1) is 11.8 Å². The van der Waals surface area contributed by atoms with Crippen LogP contribution in [0.15, 0.2) is 47.4 Å². The molecule has 21 heavy (non-hydrogen) atoms. The molecule has 0 spiro atoms. The van der Waals surface area contributed by atoms with E-state index in [4.69, 9.17) is 0 Å². The summed E-state index contributed by atoms with van der Waals surface area (Å²) in [6, 6.07) is 11.5. The summed E-state index contributed by atoms with van der Waals surface area (Å²) < 4.78 is 26.9. The van der Waals surface area contributed by atoms with Crippen LogP contribution in [0.1, 0.15) is 24.1 Å². The predicted molar refractivity (Wildman–Crippen MR) is 84.7 cm³/mol. The molecule has 4 heteroatoms. The summed E-state index contributed by atoms with van der Waals surface area (Å²) in [6.07, 6.45) is 0. The molecule has 0 aliphatic heterocycles. The topological polar surface area (TPSA) is 12.0 Å². The molecule has 0 fully saturated rings. The van der Waals surface area contributed by atoms with Crippen molar-refractivity contribution in [1.29, 1.82) is 0 Å². The van der Waals surface area contributed by atoms with E-state index in [1.807, 2.05) is 19.9 Å². The Morgan fingerprint density at radius 3 is 2.48 bits per heavy atom. The van der Waals surface area contributed by atoms with E-state index in [0.717, 1.165) is 17.0 Å². The van der Waals surface area contributed by atoms with Crippen LogP contribution in [-0.2, 0) is 0 Å². The van der Waals surface area contributed by atoms with Gasteiger partial charge in [0.25, 0.3) is 0 Å². The Morgan fingerprint density at radius 2 is 1.81 bits per heavy atom. The molecular weight excluding hydrogens is 288 g/mol. The van der Waals surface area contributed by atoms with Crippen molar-refractivity contribution in [2.24, 2.45) is 0 Å². The minimum Gasteiger partial charge on any atom is -0.309 e. The zero-order valence-electron chi connectivity index (χ0n) is 12.2. The first-order valence-electron chi connectivity index (χ1n) is 6.98. The Kier molecular flexibility index (Phi) is 5.76. The van der Waals surface area contributed by atoms with Gasteiger partial charge in [-0.25, -0.2) is 8.78 Å². The number of benzene rings is 2. The quantitative estimate of drug-likeness (QED) is 0.775. The van der Waals surface area contributed by atoms with Crippen LogP contribution in [0, 0.1) is 18.6 Å². The van der Waals surface area contributed by atoms with E-state index in [9.17, 15) is 8.78 Å². The van der Waals surface area contributed by atoms with Crippen LogP contribution < -0.4 is 5.32 Å². The van der Waals surface area contributed by atoms with Crippen LogP contribution in [0.2, 0.25) is 0 Å². The molecule has 2 aromatic rings. The smallest absolute Gasteiger partial charge is 0.128 e. The van der Waals surface area contributed by atoms with E-state index < -0.39 is 0 Å². The average Bonchev–Trinajstić information content (AvgIpc) is 2.48. The second-order valence-corrected chi connectivity index (χ2v) is 5.99. The van der Waals surface area contributed by atoms with Crippen molar-refractivity contribution >= 4 is 11.8 Å². The monoisotopic (exact) mass is 307 g/mol. The number of nitrogens with one attached hydrogen (secondary N) is 1. The molecule has 0 saturated carbocycles. The molecule has 112 valence electrons. The molecule has 0 heterocycles. The summed E-state index contributed by atoms with van der Waals surface area (Å²) in [5, 5.41) is 3.31. The highest BCUT2D eigenvalue weighted by Gasteiger charge is 2.15. The van der Waals surface area contributed by atoms with Crippen LogP contribution in [0.5, 0.6) is 0 Å². The Hall–Kier alpha value is -1.39. The largest absolute Gasteiger partial charge is 0.309 e. The standard InChI is InChI=1S/C17H19F2NS/c1-3-20-17(15-10-12(2)4-9-16(15)19)11-21-14-7-5-13(18)6-8-14/h4-10,17,20H,3,11H2,1-2H3. The fourth-order valence-corrected chi connectivity index (χ4v) is 3.13. The molecule has 0 amide bonds. The molecule has 1 unspecified atom stereocenters. The van der Waals surface area contributed by atoms with Crippen LogP contribution in [-0.4, -0.2) is 12.3 Å². The van der Waals surface area contributed by atoms with E-state index >= 15 is 0 Å². The molecule has 0 radical (unpaired) electrons. The lowest BCUT2D eigenvalue weighted by molar-refractivity contribution is 0.545. The SMILES string of the molecule is CCNC(CSc1ccc(F)cc1)c1cc(C)ccc1F. The number of hydrogen-bond donors (Lipinski definition) is 1. The maximum atomic E-state index is 14.0. The van der Waals surface area contributed by atoms with Gasteiger partial charge in [-0.1, -0.05) is 24.6 Å². The lowest BCUT2D eigenvalue weighted by Gasteiger charge is -2.19. The van der Waals surface area contributed by atoms with Gasteiger partial charge >= 0.3 is 0 Å². The third-order valence-corrected chi connectivity index (χ3v) is 4.31. The highest BCUT2D eigenvalue weighted by Crippen LogP contribution is 2.27. The first-order chi connectivity index (χ1) is 10.1. The van der Waals surface area contributed by atoms with E-state index in [2.05, 4.69) is 5.32 Å². The van der Waals surface area contributed by atoms with Gasteiger partial charge in [0.15, 0.2) is 0 Å². The highest BCUT2D eigenvalue weighted by atomic mass is 32.2. The summed E-state index contributed by atoms with van der Waals surface area (Å²) in [4.78, 5) is 0.979. The van der Waals surface area contributed by atoms with Gasteiger partial charge in [-0.2, -0.15) is 0 Å². The fraction of sp³-hybridized carbons (Fsp3) is 0.294. The summed E-state index contributed by atoms with van der Waals surface area (Å²) in [5.74, 6) is 0.262. The van der Waals surface area contributed by atoms with Crippen molar-refractivity contribution in [3.63, 3.8) is 0 Å². The molecule has 0 bridgehead atoms. The first-order valence-corrected chi connectivity index (χ1v) is 7.96. The van der Waals surface area contributed by atoms with Crippen LogP contribution in [0.25, 0.3) is 0 Å².